The zero-order chi connectivity index (χ0) is 23.9. The molecule has 0 aliphatic heterocycles. The molecule has 0 saturated carbocycles. The molecule has 0 bridgehead atoms. The molecule has 1 aromatic heterocycles. The Bertz CT molecular complexity index is 1250. The van der Waals surface area contributed by atoms with Crippen LogP contribution in [0.15, 0.2) is 79.0 Å². The van der Waals surface area contributed by atoms with E-state index in [1.807, 2.05) is 79.0 Å². The van der Waals surface area contributed by atoms with Gasteiger partial charge in [-0.3, -0.25) is 4.79 Å². The minimum absolute atomic E-state index is 0.243. The van der Waals surface area contributed by atoms with Crippen molar-refractivity contribution in [3.8, 4) is 34.1 Å². The second kappa shape index (κ2) is 10.6. The highest BCUT2D eigenvalue weighted by Gasteiger charge is 2.20. The van der Waals surface area contributed by atoms with Gasteiger partial charge in [0.15, 0.2) is 17.2 Å². The molecule has 0 aliphatic carbocycles. The van der Waals surface area contributed by atoms with Crippen LogP contribution in [0.4, 0.5) is 0 Å². The van der Waals surface area contributed by atoms with E-state index in [4.69, 9.17) is 14.2 Å². The maximum Gasteiger partial charge on any atom is 0.272 e. The van der Waals surface area contributed by atoms with Gasteiger partial charge in [0.25, 0.3) is 5.91 Å². The smallest absolute Gasteiger partial charge is 0.272 e. The lowest BCUT2D eigenvalue weighted by Crippen LogP contribution is -2.26. The normalized spacial score (nSPS) is 10.6. The van der Waals surface area contributed by atoms with E-state index in [1.54, 1.807) is 26.0 Å². The Morgan fingerprint density at radius 3 is 2.29 bits per heavy atom. The number of ether oxygens (including phenoxy) is 3. The predicted molar refractivity (Wildman–Crippen MR) is 131 cm³/mol. The fourth-order valence-electron chi connectivity index (χ4n) is 3.67. The maximum absolute atomic E-state index is 13.2. The average Bonchev–Trinajstić information content (AvgIpc) is 3.35. The number of nitrogens with one attached hydrogen (secondary N) is 1. The molecule has 0 saturated heterocycles. The lowest BCUT2D eigenvalue weighted by Gasteiger charge is -2.10. The van der Waals surface area contributed by atoms with Gasteiger partial charge in [-0.05, 0) is 53.9 Å². The largest absolute Gasteiger partial charge is 0.497 e. The topological polar surface area (TPSA) is 74.6 Å². The SMILES string of the molecule is COc1ccc(CCNC(=O)c2nn(-c3ccccc3)cc2-c2ccc(OC)c(OC)c2)cc1. The summed E-state index contributed by atoms with van der Waals surface area (Å²) in [5.74, 6) is 1.76. The first kappa shape index (κ1) is 22.9. The van der Waals surface area contributed by atoms with Crippen LogP contribution in [0.25, 0.3) is 16.8 Å². The molecule has 0 fully saturated rings. The molecule has 0 atom stereocenters. The van der Waals surface area contributed by atoms with Crippen molar-refractivity contribution in [2.24, 2.45) is 0 Å². The van der Waals surface area contributed by atoms with E-state index < -0.39 is 0 Å². The molecule has 7 nitrogen and oxygen atoms in total. The van der Waals surface area contributed by atoms with Gasteiger partial charge < -0.3 is 19.5 Å². The molecule has 1 N–H and O–H groups in total. The van der Waals surface area contributed by atoms with E-state index in [1.165, 1.54) is 0 Å². The molecule has 174 valence electrons. The molecule has 7 heteroatoms. The lowest BCUT2D eigenvalue weighted by molar-refractivity contribution is 0.0949. The number of para-hydroxylation sites is 1. The summed E-state index contributed by atoms with van der Waals surface area (Å²) >= 11 is 0. The molecule has 1 heterocycles. The molecular weight excluding hydrogens is 430 g/mol. The Hall–Kier alpha value is -4.26. The number of benzene rings is 3. The summed E-state index contributed by atoms with van der Waals surface area (Å²) in [4.78, 5) is 13.2. The average molecular weight is 458 g/mol. The Labute approximate surface area is 198 Å². The van der Waals surface area contributed by atoms with Crippen molar-refractivity contribution in [1.82, 2.24) is 15.1 Å². The highest BCUT2D eigenvalue weighted by molar-refractivity contribution is 5.99. The van der Waals surface area contributed by atoms with Crippen LogP contribution in [0, 0.1) is 0 Å². The molecule has 4 rings (SSSR count). The zero-order valence-corrected chi connectivity index (χ0v) is 19.4. The summed E-state index contributed by atoms with van der Waals surface area (Å²) in [6, 6.07) is 23.0. The van der Waals surface area contributed by atoms with Crippen LogP contribution in [0.1, 0.15) is 16.1 Å². The number of aromatic nitrogens is 2. The van der Waals surface area contributed by atoms with Crippen molar-refractivity contribution in [1.29, 1.82) is 0 Å². The third-order valence-electron chi connectivity index (χ3n) is 5.50. The molecule has 0 spiro atoms. The Kier molecular flexibility index (Phi) is 7.13. The predicted octanol–water partition coefficient (Wildman–Crippen LogP) is 4.54. The van der Waals surface area contributed by atoms with Gasteiger partial charge in [-0.2, -0.15) is 5.10 Å². The van der Waals surface area contributed by atoms with Gasteiger partial charge in [0.1, 0.15) is 5.75 Å². The standard InChI is InChI=1S/C27H27N3O4/c1-32-22-12-9-19(10-13-22)15-16-28-27(31)26-23(18-30(29-26)21-7-5-4-6-8-21)20-11-14-24(33-2)25(17-20)34-3/h4-14,17-18H,15-16H2,1-3H3,(H,28,31). The molecule has 0 aliphatic rings. The highest BCUT2D eigenvalue weighted by atomic mass is 16.5. The summed E-state index contributed by atoms with van der Waals surface area (Å²) in [6.07, 6.45) is 2.55. The molecule has 0 radical (unpaired) electrons. The number of carbonyl (C=O) groups is 1. The minimum Gasteiger partial charge on any atom is -0.497 e. The summed E-state index contributed by atoms with van der Waals surface area (Å²) < 4.78 is 17.7. The van der Waals surface area contributed by atoms with Crippen molar-refractivity contribution in [2.45, 2.75) is 6.42 Å². The van der Waals surface area contributed by atoms with Crippen LogP contribution in [0.5, 0.6) is 17.2 Å². The molecule has 34 heavy (non-hydrogen) atoms. The third kappa shape index (κ3) is 5.04. The highest BCUT2D eigenvalue weighted by Crippen LogP contribution is 2.34. The van der Waals surface area contributed by atoms with Gasteiger partial charge in [0.2, 0.25) is 0 Å². The second-order valence-corrected chi connectivity index (χ2v) is 7.60. The van der Waals surface area contributed by atoms with E-state index >= 15 is 0 Å². The fraction of sp³-hybridized carbons (Fsp3) is 0.185. The second-order valence-electron chi connectivity index (χ2n) is 7.60. The van der Waals surface area contributed by atoms with Gasteiger partial charge >= 0.3 is 0 Å². The van der Waals surface area contributed by atoms with Crippen molar-refractivity contribution in [3.63, 3.8) is 0 Å². The summed E-state index contributed by atoms with van der Waals surface area (Å²) in [6.45, 7) is 0.481. The van der Waals surface area contributed by atoms with Gasteiger partial charge in [-0.15, -0.1) is 0 Å². The van der Waals surface area contributed by atoms with Crippen LogP contribution in [-0.2, 0) is 6.42 Å². The first-order valence-electron chi connectivity index (χ1n) is 10.9. The Morgan fingerprint density at radius 1 is 0.882 bits per heavy atom. The zero-order valence-electron chi connectivity index (χ0n) is 19.4. The van der Waals surface area contributed by atoms with Crippen LogP contribution in [-0.4, -0.2) is 43.6 Å². The summed E-state index contributed by atoms with van der Waals surface area (Å²) in [5, 5.41) is 7.62. The van der Waals surface area contributed by atoms with Crippen LogP contribution >= 0.6 is 0 Å². The number of carbonyl (C=O) groups excluding carboxylic acids is 1. The third-order valence-corrected chi connectivity index (χ3v) is 5.50. The quantitative estimate of drug-likeness (QED) is 0.400. The lowest BCUT2D eigenvalue weighted by atomic mass is 10.1. The Morgan fingerprint density at radius 2 is 1.62 bits per heavy atom. The minimum atomic E-state index is -0.243. The van der Waals surface area contributed by atoms with Gasteiger partial charge in [0, 0.05) is 18.3 Å². The molecule has 4 aromatic rings. The molecule has 1 amide bonds. The van der Waals surface area contributed by atoms with Crippen LogP contribution < -0.4 is 19.5 Å². The number of nitrogens with zero attached hydrogens (tertiary/aromatic N) is 2. The number of hydrogen-bond acceptors (Lipinski definition) is 5. The van der Waals surface area contributed by atoms with Crippen molar-refractivity contribution >= 4 is 5.91 Å². The van der Waals surface area contributed by atoms with Gasteiger partial charge in [-0.25, -0.2) is 4.68 Å². The van der Waals surface area contributed by atoms with E-state index in [0.717, 1.165) is 22.6 Å². The molecular formula is C27H27N3O4. The van der Waals surface area contributed by atoms with Crippen molar-refractivity contribution in [2.75, 3.05) is 27.9 Å². The first-order chi connectivity index (χ1) is 16.6. The monoisotopic (exact) mass is 457 g/mol. The number of methoxy groups -OCH3 is 3. The van der Waals surface area contributed by atoms with Gasteiger partial charge in [0.05, 0.1) is 27.0 Å². The Balaban J connectivity index is 1.60. The summed E-state index contributed by atoms with van der Waals surface area (Å²) in [5.41, 5.74) is 3.82. The number of hydrogen-bond donors (Lipinski definition) is 1. The van der Waals surface area contributed by atoms with E-state index in [2.05, 4.69) is 10.4 Å². The van der Waals surface area contributed by atoms with E-state index in [9.17, 15) is 4.79 Å². The fourth-order valence-corrected chi connectivity index (χ4v) is 3.67. The number of amides is 1. The van der Waals surface area contributed by atoms with E-state index in [-0.39, 0.29) is 5.91 Å². The van der Waals surface area contributed by atoms with Gasteiger partial charge in [-0.1, -0.05) is 36.4 Å². The van der Waals surface area contributed by atoms with E-state index in [0.29, 0.717) is 35.7 Å². The van der Waals surface area contributed by atoms with Crippen molar-refractivity contribution in [3.05, 3.63) is 90.3 Å². The van der Waals surface area contributed by atoms with Crippen LogP contribution in [0.2, 0.25) is 0 Å². The summed E-state index contributed by atoms with van der Waals surface area (Å²) in [7, 11) is 4.81. The van der Waals surface area contributed by atoms with Crippen LogP contribution in [0.3, 0.4) is 0 Å². The number of rotatable bonds is 9. The molecule has 3 aromatic carbocycles. The maximum atomic E-state index is 13.2. The molecule has 0 unspecified atom stereocenters. The first-order valence-corrected chi connectivity index (χ1v) is 10.9. The van der Waals surface area contributed by atoms with Crippen molar-refractivity contribution < 1.29 is 19.0 Å².